The maximum atomic E-state index is 11.4. The third-order valence-corrected chi connectivity index (χ3v) is 2.07. The standard InChI is InChI=1S/C12H14N2O2/c1-4-7-14-10-8-9(12(15)13-2)5-6-11(10)16-3/h1,5-6,8,14H,7H2,2-3H3,(H,13,15). The average molecular weight is 218 g/mol. The Morgan fingerprint density at radius 3 is 2.88 bits per heavy atom. The molecule has 1 aromatic carbocycles. The number of carbonyl (C=O) groups is 1. The van der Waals surface area contributed by atoms with E-state index in [0.717, 1.165) is 0 Å². The van der Waals surface area contributed by atoms with E-state index in [9.17, 15) is 4.79 Å². The summed E-state index contributed by atoms with van der Waals surface area (Å²) in [6, 6.07) is 5.12. The van der Waals surface area contributed by atoms with E-state index in [1.807, 2.05) is 0 Å². The van der Waals surface area contributed by atoms with Crippen LogP contribution in [0.15, 0.2) is 18.2 Å². The van der Waals surface area contributed by atoms with Crippen molar-refractivity contribution >= 4 is 11.6 Å². The molecule has 0 aliphatic heterocycles. The number of ether oxygens (including phenoxy) is 1. The first-order valence-electron chi connectivity index (χ1n) is 4.80. The van der Waals surface area contributed by atoms with Crippen LogP contribution in [0, 0.1) is 12.3 Å². The van der Waals surface area contributed by atoms with Crippen molar-refractivity contribution < 1.29 is 9.53 Å². The van der Waals surface area contributed by atoms with Crippen LogP contribution in [0.5, 0.6) is 5.75 Å². The zero-order valence-corrected chi connectivity index (χ0v) is 9.33. The fraction of sp³-hybridized carbons (Fsp3) is 0.250. The number of benzene rings is 1. The monoisotopic (exact) mass is 218 g/mol. The van der Waals surface area contributed by atoms with Gasteiger partial charge in [-0.3, -0.25) is 4.79 Å². The minimum Gasteiger partial charge on any atom is -0.495 e. The van der Waals surface area contributed by atoms with Crippen LogP contribution >= 0.6 is 0 Å². The summed E-state index contributed by atoms with van der Waals surface area (Å²) in [6.07, 6.45) is 5.16. The van der Waals surface area contributed by atoms with Gasteiger partial charge in [-0.05, 0) is 18.2 Å². The van der Waals surface area contributed by atoms with Crippen molar-refractivity contribution in [1.29, 1.82) is 0 Å². The van der Waals surface area contributed by atoms with Gasteiger partial charge < -0.3 is 15.4 Å². The number of methoxy groups -OCH3 is 1. The molecule has 1 rings (SSSR count). The van der Waals surface area contributed by atoms with Gasteiger partial charge in [-0.1, -0.05) is 5.92 Å². The highest BCUT2D eigenvalue weighted by molar-refractivity contribution is 5.95. The summed E-state index contributed by atoms with van der Waals surface area (Å²) in [6.45, 7) is 0.382. The predicted octanol–water partition coefficient (Wildman–Crippen LogP) is 1.10. The lowest BCUT2D eigenvalue weighted by Gasteiger charge is -2.10. The Bertz CT molecular complexity index is 422. The molecule has 0 radical (unpaired) electrons. The van der Waals surface area contributed by atoms with Gasteiger partial charge >= 0.3 is 0 Å². The quantitative estimate of drug-likeness (QED) is 0.744. The molecule has 16 heavy (non-hydrogen) atoms. The molecule has 0 aromatic heterocycles. The van der Waals surface area contributed by atoms with Gasteiger partial charge in [0.25, 0.3) is 5.91 Å². The number of nitrogens with one attached hydrogen (secondary N) is 2. The summed E-state index contributed by atoms with van der Waals surface area (Å²) in [4.78, 5) is 11.4. The number of hydrogen-bond donors (Lipinski definition) is 2. The average Bonchev–Trinajstić information content (AvgIpc) is 2.34. The van der Waals surface area contributed by atoms with Crippen molar-refractivity contribution in [2.24, 2.45) is 0 Å². The van der Waals surface area contributed by atoms with Crippen LogP contribution in [0.1, 0.15) is 10.4 Å². The number of rotatable bonds is 4. The van der Waals surface area contributed by atoms with E-state index in [0.29, 0.717) is 23.5 Å². The fourth-order valence-corrected chi connectivity index (χ4v) is 1.28. The van der Waals surface area contributed by atoms with Crippen molar-refractivity contribution in [1.82, 2.24) is 5.32 Å². The lowest BCUT2D eigenvalue weighted by Crippen LogP contribution is -2.18. The second-order valence-electron chi connectivity index (χ2n) is 3.05. The molecule has 0 bridgehead atoms. The van der Waals surface area contributed by atoms with Gasteiger partial charge in [-0.15, -0.1) is 6.42 Å². The van der Waals surface area contributed by atoms with Crippen molar-refractivity contribution in [3.05, 3.63) is 23.8 Å². The van der Waals surface area contributed by atoms with E-state index in [-0.39, 0.29) is 5.91 Å². The third-order valence-electron chi connectivity index (χ3n) is 2.07. The Morgan fingerprint density at radius 1 is 1.56 bits per heavy atom. The summed E-state index contributed by atoms with van der Waals surface area (Å²) >= 11 is 0. The van der Waals surface area contributed by atoms with Crippen LogP contribution < -0.4 is 15.4 Å². The molecule has 0 unspecified atom stereocenters. The molecular weight excluding hydrogens is 204 g/mol. The Hall–Kier alpha value is -2.15. The molecule has 4 heteroatoms. The number of terminal acetylenes is 1. The number of amides is 1. The molecule has 4 nitrogen and oxygen atoms in total. The van der Waals surface area contributed by atoms with E-state index in [4.69, 9.17) is 11.2 Å². The minimum atomic E-state index is -0.147. The van der Waals surface area contributed by atoms with Crippen LogP contribution in [0.3, 0.4) is 0 Å². The topological polar surface area (TPSA) is 50.4 Å². The van der Waals surface area contributed by atoms with Crippen LogP contribution in [-0.2, 0) is 0 Å². The second kappa shape index (κ2) is 5.66. The second-order valence-corrected chi connectivity index (χ2v) is 3.05. The predicted molar refractivity (Wildman–Crippen MR) is 63.7 cm³/mol. The van der Waals surface area contributed by atoms with Gasteiger partial charge in [0, 0.05) is 12.6 Å². The Morgan fingerprint density at radius 2 is 2.31 bits per heavy atom. The largest absolute Gasteiger partial charge is 0.495 e. The molecule has 0 saturated heterocycles. The Labute approximate surface area is 95.0 Å². The summed E-state index contributed by atoms with van der Waals surface area (Å²) in [5, 5.41) is 5.55. The highest BCUT2D eigenvalue weighted by Crippen LogP contribution is 2.25. The van der Waals surface area contributed by atoms with E-state index < -0.39 is 0 Å². The minimum absolute atomic E-state index is 0.147. The summed E-state index contributed by atoms with van der Waals surface area (Å²) < 4.78 is 5.15. The highest BCUT2D eigenvalue weighted by Gasteiger charge is 2.08. The third kappa shape index (κ3) is 2.67. The number of anilines is 1. The van der Waals surface area contributed by atoms with E-state index in [1.165, 1.54) is 0 Å². The summed E-state index contributed by atoms with van der Waals surface area (Å²) in [5.41, 5.74) is 1.27. The molecule has 0 heterocycles. The molecule has 0 atom stereocenters. The molecule has 0 aliphatic rings. The van der Waals surface area contributed by atoms with Crippen molar-refractivity contribution in [2.45, 2.75) is 0 Å². The lowest BCUT2D eigenvalue weighted by molar-refractivity contribution is 0.0963. The molecule has 0 aliphatic carbocycles. The maximum absolute atomic E-state index is 11.4. The zero-order valence-electron chi connectivity index (χ0n) is 9.33. The van der Waals surface area contributed by atoms with Gasteiger partial charge in [0.2, 0.25) is 0 Å². The molecule has 84 valence electrons. The first kappa shape index (κ1) is 11.9. The normalized spacial score (nSPS) is 9.06. The SMILES string of the molecule is C#CCNc1cc(C(=O)NC)ccc1OC. The van der Waals surface area contributed by atoms with Crippen molar-refractivity contribution in [3.8, 4) is 18.1 Å². The van der Waals surface area contributed by atoms with Crippen LogP contribution in [-0.4, -0.2) is 26.6 Å². The maximum Gasteiger partial charge on any atom is 0.251 e. The van der Waals surface area contributed by atoms with Gasteiger partial charge in [-0.25, -0.2) is 0 Å². The van der Waals surface area contributed by atoms with Gasteiger partial charge in [0.15, 0.2) is 0 Å². The first-order chi connectivity index (χ1) is 7.72. The van der Waals surface area contributed by atoms with E-state index in [2.05, 4.69) is 16.6 Å². The number of hydrogen-bond acceptors (Lipinski definition) is 3. The lowest BCUT2D eigenvalue weighted by atomic mass is 10.1. The molecule has 0 fully saturated rings. The molecule has 0 saturated carbocycles. The van der Waals surface area contributed by atoms with E-state index >= 15 is 0 Å². The summed E-state index contributed by atoms with van der Waals surface area (Å²) in [7, 11) is 3.15. The zero-order chi connectivity index (χ0) is 12.0. The highest BCUT2D eigenvalue weighted by atomic mass is 16.5. The van der Waals surface area contributed by atoms with Crippen molar-refractivity contribution in [2.75, 3.05) is 26.0 Å². The smallest absolute Gasteiger partial charge is 0.251 e. The molecule has 1 amide bonds. The molecular formula is C12H14N2O2. The van der Waals surface area contributed by atoms with E-state index in [1.54, 1.807) is 32.4 Å². The van der Waals surface area contributed by atoms with Crippen LogP contribution in [0.25, 0.3) is 0 Å². The Balaban J connectivity index is 3.01. The molecule has 2 N–H and O–H groups in total. The van der Waals surface area contributed by atoms with Gasteiger partial charge in [-0.2, -0.15) is 0 Å². The number of carbonyl (C=O) groups excluding carboxylic acids is 1. The van der Waals surface area contributed by atoms with Crippen molar-refractivity contribution in [3.63, 3.8) is 0 Å². The Kier molecular flexibility index (Phi) is 4.22. The van der Waals surface area contributed by atoms with Crippen LogP contribution in [0.2, 0.25) is 0 Å². The fourth-order valence-electron chi connectivity index (χ4n) is 1.28. The van der Waals surface area contributed by atoms with Crippen LogP contribution in [0.4, 0.5) is 5.69 Å². The molecule has 0 spiro atoms. The van der Waals surface area contributed by atoms with Gasteiger partial charge in [0.1, 0.15) is 5.75 Å². The molecule has 1 aromatic rings. The van der Waals surface area contributed by atoms with Gasteiger partial charge in [0.05, 0.1) is 19.3 Å². The first-order valence-corrected chi connectivity index (χ1v) is 4.80. The summed E-state index contributed by atoms with van der Waals surface area (Å²) in [5.74, 6) is 2.97.